The second-order valence-electron chi connectivity index (χ2n) is 6.85. The molecule has 2 fully saturated rings. The van der Waals surface area contributed by atoms with Crippen molar-refractivity contribution in [3.05, 3.63) is 35.9 Å². The van der Waals surface area contributed by atoms with Gasteiger partial charge in [-0.1, -0.05) is 30.3 Å². The Hall–Kier alpha value is -1.07. The van der Waals surface area contributed by atoms with Gasteiger partial charge < -0.3 is 24.1 Å². The lowest BCUT2D eigenvalue weighted by Gasteiger charge is -2.29. The average molecular weight is 388 g/mol. The van der Waals surface area contributed by atoms with E-state index in [1.165, 1.54) is 0 Å². The Morgan fingerprint density at radius 3 is 2.54 bits per heavy atom. The van der Waals surface area contributed by atoms with E-state index in [0.717, 1.165) is 11.8 Å². The standard InChI is InChI=1S/C17H24O8S/c1-17(2)23-15-14(21-10-11-7-5-4-6-8-11)13(22-16(15)24-17)12(9-18)25-26(3,19)20/h4-8,12-16,18H,9-10H2,1-3H3/t12-,13-,14+,15-,16-/m1/s1. The second-order valence-corrected chi connectivity index (χ2v) is 8.45. The molecule has 3 rings (SSSR count). The Bertz CT molecular complexity index is 705. The van der Waals surface area contributed by atoms with Crippen LogP contribution >= 0.6 is 0 Å². The third kappa shape index (κ3) is 4.61. The van der Waals surface area contributed by atoms with Gasteiger partial charge >= 0.3 is 0 Å². The molecule has 0 amide bonds. The summed E-state index contributed by atoms with van der Waals surface area (Å²) >= 11 is 0. The van der Waals surface area contributed by atoms with Gasteiger partial charge in [-0.3, -0.25) is 4.18 Å². The van der Waals surface area contributed by atoms with Gasteiger partial charge in [-0.2, -0.15) is 8.42 Å². The number of aliphatic hydroxyl groups excluding tert-OH is 1. The lowest BCUT2D eigenvalue weighted by molar-refractivity contribution is -0.230. The summed E-state index contributed by atoms with van der Waals surface area (Å²) in [6.07, 6.45) is -3.01. The van der Waals surface area contributed by atoms with Gasteiger partial charge in [0.25, 0.3) is 10.1 Å². The van der Waals surface area contributed by atoms with E-state index in [1.54, 1.807) is 13.8 Å². The van der Waals surface area contributed by atoms with Crippen LogP contribution in [0.4, 0.5) is 0 Å². The summed E-state index contributed by atoms with van der Waals surface area (Å²) in [6.45, 7) is 3.24. The largest absolute Gasteiger partial charge is 0.394 e. The number of benzene rings is 1. The molecule has 2 heterocycles. The molecule has 1 aromatic rings. The zero-order chi connectivity index (χ0) is 18.9. The van der Waals surface area contributed by atoms with Crippen LogP contribution in [0.5, 0.6) is 0 Å². The van der Waals surface area contributed by atoms with Crippen molar-refractivity contribution in [1.29, 1.82) is 0 Å². The van der Waals surface area contributed by atoms with Crippen molar-refractivity contribution in [3.63, 3.8) is 0 Å². The van der Waals surface area contributed by atoms with Gasteiger partial charge in [-0.25, -0.2) is 0 Å². The highest BCUT2D eigenvalue weighted by Gasteiger charge is 2.57. The summed E-state index contributed by atoms with van der Waals surface area (Å²) in [5.41, 5.74) is 0.942. The van der Waals surface area contributed by atoms with Crippen LogP contribution in [0, 0.1) is 0 Å². The Morgan fingerprint density at radius 1 is 1.23 bits per heavy atom. The quantitative estimate of drug-likeness (QED) is 0.684. The molecule has 2 aliphatic heterocycles. The van der Waals surface area contributed by atoms with E-state index in [9.17, 15) is 13.5 Å². The smallest absolute Gasteiger partial charge is 0.264 e. The van der Waals surface area contributed by atoms with Crippen molar-refractivity contribution in [2.75, 3.05) is 12.9 Å². The summed E-state index contributed by atoms with van der Waals surface area (Å²) in [5.74, 6) is -0.846. The zero-order valence-electron chi connectivity index (χ0n) is 14.9. The third-order valence-corrected chi connectivity index (χ3v) is 4.75. The van der Waals surface area contributed by atoms with E-state index in [1.807, 2.05) is 30.3 Å². The summed E-state index contributed by atoms with van der Waals surface area (Å²) in [7, 11) is -3.79. The molecule has 0 spiro atoms. The number of hydrogen-bond acceptors (Lipinski definition) is 8. The molecule has 2 aliphatic rings. The summed E-state index contributed by atoms with van der Waals surface area (Å²) in [5, 5.41) is 9.61. The van der Waals surface area contributed by atoms with Gasteiger partial charge in [-0.05, 0) is 19.4 Å². The first-order chi connectivity index (χ1) is 12.2. The number of hydrogen-bond donors (Lipinski definition) is 1. The number of rotatable bonds is 7. The van der Waals surface area contributed by atoms with Gasteiger partial charge in [0.1, 0.15) is 24.4 Å². The van der Waals surface area contributed by atoms with Crippen molar-refractivity contribution >= 4 is 10.1 Å². The first kappa shape index (κ1) is 19.7. The molecule has 0 aliphatic carbocycles. The Morgan fingerprint density at radius 2 is 1.92 bits per heavy atom. The molecule has 0 bridgehead atoms. The number of ether oxygens (including phenoxy) is 4. The van der Waals surface area contributed by atoms with Crippen LogP contribution in [0.2, 0.25) is 0 Å². The lowest BCUT2D eigenvalue weighted by Crippen LogP contribution is -2.45. The average Bonchev–Trinajstić information content (AvgIpc) is 3.02. The van der Waals surface area contributed by atoms with Gasteiger partial charge in [0.2, 0.25) is 0 Å². The predicted octanol–water partition coefficient (Wildman–Crippen LogP) is 0.785. The van der Waals surface area contributed by atoms with Crippen LogP contribution < -0.4 is 0 Å². The fraction of sp³-hybridized carbons (Fsp3) is 0.647. The Labute approximate surface area is 153 Å². The fourth-order valence-electron chi connectivity index (χ4n) is 3.17. The molecule has 0 unspecified atom stereocenters. The molecule has 0 aromatic heterocycles. The second kappa shape index (κ2) is 7.51. The minimum Gasteiger partial charge on any atom is -0.394 e. The molecule has 26 heavy (non-hydrogen) atoms. The van der Waals surface area contributed by atoms with Crippen LogP contribution in [0.3, 0.4) is 0 Å². The van der Waals surface area contributed by atoms with E-state index >= 15 is 0 Å². The predicted molar refractivity (Wildman–Crippen MR) is 90.5 cm³/mol. The van der Waals surface area contributed by atoms with Crippen molar-refractivity contribution < 1.29 is 36.7 Å². The molecule has 1 aromatic carbocycles. The molecule has 8 nitrogen and oxygen atoms in total. The van der Waals surface area contributed by atoms with Gasteiger partial charge in [0, 0.05) is 0 Å². The molecule has 0 radical (unpaired) electrons. The molecule has 5 atom stereocenters. The highest BCUT2D eigenvalue weighted by molar-refractivity contribution is 7.86. The van der Waals surface area contributed by atoms with Crippen molar-refractivity contribution in [1.82, 2.24) is 0 Å². The first-order valence-corrected chi connectivity index (χ1v) is 10.2. The van der Waals surface area contributed by atoms with E-state index in [4.69, 9.17) is 23.1 Å². The SMILES string of the molecule is CC1(C)O[C@H]2O[C@H]([C@@H](CO)OS(C)(=O)=O)[C@H](OCc3ccccc3)[C@H]2O1. The van der Waals surface area contributed by atoms with Crippen molar-refractivity contribution in [3.8, 4) is 0 Å². The Kier molecular flexibility index (Phi) is 5.69. The molecule has 146 valence electrons. The monoisotopic (exact) mass is 388 g/mol. The van der Waals surface area contributed by atoms with Crippen LogP contribution in [0.1, 0.15) is 19.4 Å². The number of aliphatic hydroxyl groups is 1. The molecule has 9 heteroatoms. The van der Waals surface area contributed by atoms with E-state index < -0.39 is 53.2 Å². The topological polar surface area (TPSA) is 101 Å². The maximum atomic E-state index is 11.5. The van der Waals surface area contributed by atoms with E-state index in [-0.39, 0.29) is 6.61 Å². The van der Waals surface area contributed by atoms with Crippen LogP contribution in [-0.2, 0) is 39.9 Å². The molecule has 2 saturated heterocycles. The van der Waals surface area contributed by atoms with Gasteiger partial charge in [0.15, 0.2) is 12.1 Å². The maximum absolute atomic E-state index is 11.5. The first-order valence-electron chi connectivity index (χ1n) is 8.34. The number of fused-ring (bicyclic) bond motifs is 1. The fourth-order valence-corrected chi connectivity index (χ4v) is 3.79. The van der Waals surface area contributed by atoms with Crippen molar-refractivity contribution in [2.45, 2.75) is 56.9 Å². The van der Waals surface area contributed by atoms with E-state index in [0.29, 0.717) is 0 Å². The van der Waals surface area contributed by atoms with Gasteiger partial charge in [0.05, 0.1) is 19.5 Å². The molecular weight excluding hydrogens is 364 g/mol. The van der Waals surface area contributed by atoms with Crippen LogP contribution in [-0.4, -0.2) is 62.9 Å². The van der Waals surface area contributed by atoms with Crippen LogP contribution in [0.15, 0.2) is 30.3 Å². The Balaban J connectivity index is 1.78. The van der Waals surface area contributed by atoms with Crippen molar-refractivity contribution in [2.24, 2.45) is 0 Å². The highest BCUT2D eigenvalue weighted by atomic mass is 32.2. The summed E-state index contributed by atoms with van der Waals surface area (Å²) in [6, 6.07) is 9.51. The highest BCUT2D eigenvalue weighted by Crippen LogP contribution is 2.40. The van der Waals surface area contributed by atoms with Gasteiger partial charge in [-0.15, -0.1) is 0 Å². The summed E-state index contributed by atoms with van der Waals surface area (Å²) < 4.78 is 51.3. The summed E-state index contributed by atoms with van der Waals surface area (Å²) in [4.78, 5) is 0. The van der Waals surface area contributed by atoms with E-state index in [2.05, 4.69) is 0 Å². The molecule has 0 saturated carbocycles. The minimum atomic E-state index is -3.79. The maximum Gasteiger partial charge on any atom is 0.264 e. The minimum absolute atomic E-state index is 0.273. The molecule has 1 N–H and O–H groups in total. The zero-order valence-corrected chi connectivity index (χ0v) is 15.7. The van der Waals surface area contributed by atoms with Crippen LogP contribution in [0.25, 0.3) is 0 Å². The molecular formula is C17H24O8S. The third-order valence-electron chi connectivity index (χ3n) is 4.16. The lowest BCUT2D eigenvalue weighted by atomic mass is 10.1. The normalized spacial score (nSPS) is 31.7.